The molecule has 1 saturated heterocycles. The third-order valence-electron chi connectivity index (χ3n) is 3.20. The quantitative estimate of drug-likeness (QED) is 0.640. The standard InChI is InChI=1S/C11H24N2/c1-6-9-7-8-10(11(2,3)4)13(5)12-9/h9-10,13H,6-8H2,1-5H3. The van der Waals surface area contributed by atoms with E-state index in [1.54, 1.807) is 0 Å². The highest BCUT2D eigenvalue weighted by atomic mass is 15.5. The monoisotopic (exact) mass is 184 g/mol. The highest BCUT2D eigenvalue weighted by Gasteiger charge is 2.31. The summed E-state index contributed by atoms with van der Waals surface area (Å²) in [4.78, 5) is 0. The van der Waals surface area contributed by atoms with E-state index in [-0.39, 0.29) is 0 Å². The van der Waals surface area contributed by atoms with Gasteiger partial charge >= 0.3 is 0 Å². The summed E-state index contributed by atoms with van der Waals surface area (Å²) in [6.07, 6.45) is 3.82. The van der Waals surface area contributed by atoms with Crippen molar-refractivity contribution in [3.05, 3.63) is 5.43 Å². The Morgan fingerprint density at radius 2 is 1.92 bits per heavy atom. The predicted octanol–water partition coefficient (Wildman–Crippen LogP) is 1.78. The minimum Gasteiger partial charge on any atom is -0.451 e. The molecule has 2 heteroatoms. The lowest BCUT2D eigenvalue weighted by atomic mass is 9.81. The molecule has 1 heterocycles. The van der Waals surface area contributed by atoms with E-state index in [0.29, 0.717) is 17.5 Å². The molecule has 13 heavy (non-hydrogen) atoms. The lowest BCUT2D eigenvalue weighted by Gasteiger charge is -2.49. The molecule has 0 bridgehead atoms. The fourth-order valence-electron chi connectivity index (χ4n) is 2.37. The molecule has 0 aromatic rings. The summed E-state index contributed by atoms with van der Waals surface area (Å²) in [6, 6.07) is 1.31. The van der Waals surface area contributed by atoms with Crippen molar-refractivity contribution in [1.29, 1.82) is 0 Å². The number of rotatable bonds is 1. The van der Waals surface area contributed by atoms with Gasteiger partial charge in [0.1, 0.15) is 0 Å². The number of hydrogen-bond acceptors (Lipinski definition) is 0. The second-order valence-electron chi connectivity index (χ2n) is 5.33. The first kappa shape index (κ1) is 11.0. The van der Waals surface area contributed by atoms with Gasteiger partial charge in [-0.05, 0) is 6.42 Å². The zero-order valence-corrected chi connectivity index (χ0v) is 9.72. The topological polar surface area (TPSA) is 18.5 Å². The van der Waals surface area contributed by atoms with E-state index in [1.807, 2.05) is 0 Å². The SMILES string of the molecule is CCC1CCC(C(C)(C)C)[NH+](C)[N-]1. The summed E-state index contributed by atoms with van der Waals surface area (Å²) in [5, 5.41) is 1.38. The fourth-order valence-corrected chi connectivity index (χ4v) is 2.37. The highest BCUT2D eigenvalue weighted by Crippen LogP contribution is 2.26. The van der Waals surface area contributed by atoms with Crippen molar-refractivity contribution in [2.45, 2.75) is 59.0 Å². The molecule has 0 aromatic heterocycles. The lowest BCUT2D eigenvalue weighted by Crippen LogP contribution is -3.12. The molecule has 0 spiro atoms. The molecule has 0 aliphatic carbocycles. The summed E-state index contributed by atoms with van der Waals surface area (Å²) >= 11 is 0. The predicted molar refractivity (Wildman–Crippen MR) is 56.8 cm³/mol. The summed E-state index contributed by atoms with van der Waals surface area (Å²) in [7, 11) is 2.21. The van der Waals surface area contributed by atoms with Crippen molar-refractivity contribution in [1.82, 2.24) is 0 Å². The molecule has 1 aliphatic rings. The summed E-state index contributed by atoms with van der Waals surface area (Å²) in [5.41, 5.74) is 5.16. The molecule has 1 fully saturated rings. The maximum Gasteiger partial charge on any atom is 0.0833 e. The minimum atomic E-state index is 0.395. The average molecular weight is 184 g/mol. The van der Waals surface area contributed by atoms with Gasteiger partial charge in [-0.2, -0.15) is 0 Å². The lowest BCUT2D eigenvalue weighted by molar-refractivity contribution is -0.884. The second kappa shape index (κ2) is 3.97. The Kier molecular flexibility index (Phi) is 3.36. The van der Waals surface area contributed by atoms with Gasteiger partial charge in [-0.3, -0.25) is 0 Å². The molecule has 0 aromatic carbocycles. The van der Waals surface area contributed by atoms with Gasteiger partial charge in [0.2, 0.25) is 0 Å². The minimum absolute atomic E-state index is 0.395. The zero-order chi connectivity index (χ0) is 10.1. The molecule has 3 atom stereocenters. The molecule has 2 nitrogen and oxygen atoms in total. The highest BCUT2D eigenvalue weighted by molar-refractivity contribution is 4.87. The van der Waals surface area contributed by atoms with Crippen LogP contribution in [-0.4, -0.2) is 19.1 Å². The first-order valence-corrected chi connectivity index (χ1v) is 5.49. The van der Waals surface area contributed by atoms with Crippen LogP contribution in [0.2, 0.25) is 0 Å². The molecule has 3 unspecified atom stereocenters. The Morgan fingerprint density at radius 1 is 1.31 bits per heavy atom. The van der Waals surface area contributed by atoms with Crippen LogP contribution in [0.15, 0.2) is 0 Å². The zero-order valence-electron chi connectivity index (χ0n) is 9.72. The Balaban J connectivity index is 2.53. The van der Waals surface area contributed by atoms with Gasteiger partial charge in [-0.25, -0.2) is 0 Å². The van der Waals surface area contributed by atoms with Gasteiger partial charge in [-0.15, -0.1) is 0 Å². The average Bonchev–Trinajstić information content (AvgIpc) is 2.01. The number of nitrogens with zero attached hydrogens (tertiary/aromatic N) is 1. The van der Waals surface area contributed by atoms with E-state index >= 15 is 0 Å². The maximum absolute atomic E-state index is 4.77. The normalized spacial score (nSPS) is 36.2. The van der Waals surface area contributed by atoms with Crippen LogP contribution >= 0.6 is 0 Å². The van der Waals surface area contributed by atoms with Crippen molar-refractivity contribution < 1.29 is 5.01 Å². The van der Waals surface area contributed by atoms with Crippen molar-refractivity contribution in [2.75, 3.05) is 7.05 Å². The van der Waals surface area contributed by atoms with Gasteiger partial charge in [0.25, 0.3) is 0 Å². The molecule has 0 radical (unpaired) electrons. The number of nitrogens with one attached hydrogen (secondary N) is 1. The van der Waals surface area contributed by atoms with E-state index in [2.05, 4.69) is 34.7 Å². The largest absolute Gasteiger partial charge is 0.451 e. The van der Waals surface area contributed by atoms with Crippen molar-refractivity contribution in [3.63, 3.8) is 0 Å². The van der Waals surface area contributed by atoms with E-state index in [9.17, 15) is 0 Å². The van der Waals surface area contributed by atoms with E-state index < -0.39 is 0 Å². The molecule has 0 amide bonds. The van der Waals surface area contributed by atoms with Gasteiger partial charge in [0.05, 0.1) is 13.1 Å². The second-order valence-corrected chi connectivity index (χ2v) is 5.33. The van der Waals surface area contributed by atoms with Crippen LogP contribution in [-0.2, 0) is 0 Å². The summed E-state index contributed by atoms with van der Waals surface area (Å²) in [6.45, 7) is 9.20. The fraction of sp³-hybridized carbons (Fsp3) is 1.00. The first-order valence-electron chi connectivity index (χ1n) is 5.49. The molecule has 78 valence electrons. The summed E-state index contributed by atoms with van der Waals surface area (Å²) < 4.78 is 0. The van der Waals surface area contributed by atoms with E-state index in [0.717, 1.165) is 0 Å². The summed E-state index contributed by atoms with van der Waals surface area (Å²) in [5.74, 6) is 0. The third-order valence-corrected chi connectivity index (χ3v) is 3.20. The molecule has 1 N–H and O–H groups in total. The van der Waals surface area contributed by atoms with Crippen LogP contribution in [0.5, 0.6) is 0 Å². The van der Waals surface area contributed by atoms with Gasteiger partial charge in [0, 0.05) is 5.41 Å². The van der Waals surface area contributed by atoms with Crippen LogP contribution in [0, 0.1) is 5.41 Å². The van der Waals surface area contributed by atoms with Crippen LogP contribution in [0.1, 0.15) is 47.0 Å². The Morgan fingerprint density at radius 3 is 2.31 bits per heavy atom. The molecule has 1 aliphatic heterocycles. The van der Waals surface area contributed by atoms with Gasteiger partial charge < -0.3 is 10.4 Å². The first-order chi connectivity index (χ1) is 5.95. The number of hydrogen-bond donors (Lipinski definition) is 1. The Labute approximate surface area is 82.7 Å². The Bertz CT molecular complexity index is 160. The smallest absolute Gasteiger partial charge is 0.0833 e. The van der Waals surface area contributed by atoms with E-state index in [1.165, 1.54) is 24.3 Å². The maximum atomic E-state index is 4.77. The van der Waals surface area contributed by atoms with Crippen molar-refractivity contribution in [2.24, 2.45) is 5.41 Å². The molecular formula is C11H24N2. The van der Waals surface area contributed by atoms with Crippen molar-refractivity contribution in [3.8, 4) is 0 Å². The van der Waals surface area contributed by atoms with Gasteiger partial charge in [0.15, 0.2) is 0 Å². The molecular weight excluding hydrogens is 160 g/mol. The number of quaternary nitrogens is 1. The van der Waals surface area contributed by atoms with Crippen LogP contribution in [0.25, 0.3) is 5.43 Å². The molecule has 1 rings (SSSR count). The van der Waals surface area contributed by atoms with Crippen molar-refractivity contribution >= 4 is 0 Å². The van der Waals surface area contributed by atoms with Crippen LogP contribution in [0.3, 0.4) is 0 Å². The molecule has 0 saturated carbocycles. The Hall–Kier alpha value is -0.0800. The van der Waals surface area contributed by atoms with E-state index in [4.69, 9.17) is 5.43 Å². The van der Waals surface area contributed by atoms with Crippen LogP contribution in [0.4, 0.5) is 0 Å². The van der Waals surface area contributed by atoms with Crippen LogP contribution < -0.4 is 5.01 Å². The van der Waals surface area contributed by atoms with Gasteiger partial charge in [-0.1, -0.05) is 46.6 Å². The third kappa shape index (κ3) is 2.68.